The maximum absolute atomic E-state index is 13.4. The van der Waals surface area contributed by atoms with Crippen molar-refractivity contribution in [1.82, 2.24) is 10.2 Å². The number of nitrogens with zero attached hydrogens (tertiary/aromatic N) is 2. The molecule has 5 rings (SSSR count). The third kappa shape index (κ3) is 4.98. The van der Waals surface area contributed by atoms with Crippen LogP contribution in [0.5, 0.6) is 5.75 Å². The molecule has 2 saturated heterocycles. The van der Waals surface area contributed by atoms with Crippen molar-refractivity contribution in [2.24, 2.45) is 5.92 Å². The summed E-state index contributed by atoms with van der Waals surface area (Å²) < 4.78 is 11.2. The van der Waals surface area contributed by atoms with E-state index in [2.05, 4.69) is 39.4 Å². The predicted molar refractivity (Wildman–Crippen MR) is 130 cm³/mol. The average molecular weight is 470 g/mol. The molecule has 0 spiro atoms. The van der Waals surface area contributed by atoms with Crippen molar-refractivity contribution in [2.45, 2.75) is 38.0 Å². The van der Waals surface area contributed by atoms with Gasteiger partial charge < -0.3 is 19.7 Å². The number of methoxy groups -OCH3 is 1. The number of halogens is 1. The molecule has 3 atom stereocenters. The monoisotopic (exact) mass is 469 g/mol. The van der Waals surface area contributed by atoms with Gasteiger partial charge in [-0.05, 0) is 48.6 Å². The third-order valence-corrected chi connectivity index (χ3v) is 7.45. The maximum Gasteiger partial charge on any atom is 0.225 e. The predicted octanol–water partition coefficient (Wildman–Crippen LogP) is 3.51. The van der Waals surface area contributed by atoms with E-state index in [0.29, 0.717) is 6.54 Å². The van der Waals surface area contributed by atoms with E-state index >= 15 is 0 Å². The van der Waals surface area contributed by atoms with Crippen LogP contribution in [0, 0.1) is 5.92 Å². The summed E-state index contributed by atoms with van der Waals surface area (Å²) in [5.74, 6) is 0.896. The molecule has 1 N–H and O–H groups in total. The molecule has 2 aromatic rings. The molecule has 3 heterocycles. The van der Waals surface area contributed by atoms with Crippen molar-refractivity contribution in [3.05, 3.63) is 58.6 Å². The number of carbonyl (C=O) groups excluding carboxylic acids is 1. The SMILES string of the molecule is COc1ccc2c(c1)N1CCN(Cc3ccc(Cl)cc3)C[C@@H]1[C@H](C(=O)NC[C@H]1CCCO1)C2. The normalized spacial score (nSPS) is 24.8. The van der Waals surface area contributed by atoms with E-state index in [1.807, 2.05) is 18.2 Å². The van der Waals surface area contributed by atoms with Crippen molar-refractivity contribution in [3.63, 3.8) is 0 Å². The summed E-state index contributed by atoms with van der Waals surface area (Å²) in [4.78, 5) is 18.3. The van der Waals surface area contributed by atoms with Gasteiger partial charge in [-0.25, -0.2) is 0 Å². The summed E-state index contributed by atoms with van der Waals surface area (Å²) in [6, 6.07) is 14.4. The third-order valence-electron chi connectivity index (χ3n) is 7.19. The lowest BCUT2D eigenvalue weighted by molar-refractivity contribution is -0.126. The second-order valence-electron chi connectivity index (χ2n) is 9.31. The Balaban J connectivity index is 1.35. The highest BCUT2D eigenvalue weighted by atomic mass is 35.5. The summed E-state index contributed by atoms with van der Waals surface area (Å²) in [6.45, 7) is 4.93. The van der Waals surface area contributed by atoms with Gasteiger partial charge in [0.2, 0.25) is 5.91 Å². The number of hydrogen-bond donors (Lipinski definition) is 1. The van der Waals surface area contributed by atoms with Crippen LogP contribution in [0.4, 0.5) is 5.69 Å². The Kier molecular flexibility index (Phi) is 6.76. The number of nitrogens with one attached hydrogen (secondary N) is 1. The van der Waals surface area contributed by atoms with Gasteiger partial charge in [0.25, 0.3) is 0 Å². The van der Waals surface area contributed by atoms with E-state index in [9.17, 15) is 4.79 Å². The first-order valence-electron chi connectivity index (χ1n) is 11.9. The zero-order valence-corrected chi connectivity index (χ0v) is 19.9. The van der Waals surface area contributed by atoms with Gasteiger partial charge in [0.1, 0.15) is 5.75 Å². The fourth-order valence-corrected chi connectivity index (χ4v) is 5.53. The largest absolute Gasteiger partial charge is 0.497 e. The van der Waals surface area contributed by atoms with Gasteiger partial charge in [-0.15, -0.1) is 0 Å². The minimum Gasteiger partial charge on any atom is -0.497 e. The highest BCUT2D eigenvalue weighted by molar-refractivity contribution is 6.30. The molecule has 0 saturated carbocycles. The maximum atomic E-state index is 13.4. The number of benzene rings is 2. The van der Waals surface area contributed by atoms with Crippen LogP contribution in [0.3, 0.4) is 0 Å². The van der Waals surface area contributed by atoms with Crippen LogP contribution in [0.1, 0.15) is 24.0 Å². The number of piperazine rings is 1. The number of carbonyl (C=O) groups is 1. The Morgan fingerprint density at radius 1 is 1.21 bits per heavy atom. The molecule has 0 aliphatic carbocycles. The lowest BCUT2D eigenvalue weighted by Crippen LogP contribution is -2.61. The average Bonchev–Trinajstić information content (AvgIpc) is 3.37. The first-order valence-corrected chi connectivity index (χ1v) is 12.3. The Morgan fingerprint density at radius 2 is 2.06 bits per heavy atom. The fraction of sp³-hybridized carbons (Fsp3) is 0.500. The minimum atomic E-state index is -0.0969. The second-order valence-corrected chi connectivity index (χ2v) is 9.74. The van der Waals surface area contributed by atoms with Gasteiger partial charge in [0.05, 0.1) is 25.2 Å². The first-order chi connectivity index (χ1) is 16.1. The van der Waals surface area contributed by atoms with Crippen molar-refractivity contribution < 1.29 is 14.3 Å². The summed E-state index contributed by atoms with van der Waals surface area (Å²) >= 11 is 6.06. The van der Waals surface area contributed by atoms with Gasteiger partial charge in [0, 0.05) is 56.1 Å². The van der Waals surface area contributed by atoms with Crippen molar-refractivity contribution in [3.8, 4) is 5.75 Å². The van der Waals surface area contributed by atoms with Crippen molar-refractivity contribution in [1.29, 1.82) is 0 Å². The Bertz CT molecular complexity index is 977. The summed E-state index contributed by atoms with van der Waals surface area (Å²) in [6.07, 6.45) is 3.00. The Hall–Kier alpha value is -2.28. The molecule has 6 nitrogen and oxygen atoms in total. The van der Waals surface area contributed by atoms with E-state index in [0.717, 1.165) is 62.8 Å². The second kappa shape index (κ2) is 9.92. The molecular weight excluding hydrogens is 438 g/mol. The number of fused-ring (bicyclic) bond motifs is 3. The molecule has 0 radical (unpaired) electrons. The fourth-order valence-electron chi connectivity index (χ4n) is 5.41. The van der Waals surface area contributed by atoms with Gasteiger partial charge in [-0.2, -0.15) is 0 Å². The summed E-state index contributed by atoms with van der Waals surface area (Å²) in [5, 5.41) is 3.96. The number of hydrogen-bond acceptors (Lipinski definition) is 5. The van der Waals surface area contributed by atoms with E-state index < -0.39 is 0 Å². The molecule has 0 bridgehead atoms. The van der Waals surface area contributed by atoms with Crippen LogP contribution >= 0.6 is 11.6 Å². The van der Waals surface area contributed by atoms with Crippen LogP contribution in [0.15, 0.2) is 42.5 Å². The van der Waals surface area contributed by atoms with Crippen LogP contribution < -0.4 is 15.0 Å². The van der Waals surface area contributed by atoms with Gasteiger partial charge in [0.15, 0.2) is 0 Å². The quantitative estimate of drug-likeness (QED) is 0.701. The lowest BCUT2D eigenvalue weighted by Gasteiger charge is -2.49. The zero-order chi connectivity index (χ0) is 22.8. The topological polar surface area (TPSA) is 54.0 Å². The standard InChI is InChI=1S/C26H32ClN3O3/c1-32-21-9-6-19-13-23(26(31)28-15-22-3-2-12-33-22)25-17-29(10-11-30(25)24(19)14-21)16-18-4-7-20(27)8-5-18/h4-9,14,22-23,25H,2-3,10-13,15-17H2,1H3,(H,28,31)/t22-,23-,25-/m1/s1. The van der Waals surface area contributed by atoms with Gasteiger partial charge in [-0.1, -0.05) is 29.8 Å². The van der Waals surface area contributed by atoms with Gasteiger partial charge in [-0.3, -0.25) is 9.69 Å². The highest BCUT2D eigenvalue weighted by Crippen LogP contribution is 2.38. The van der Waals surface area contributed by atoms with E-state index in [1.54, 1.807) is 7.11 Å². The van der Waals surface area contributed by atoms with Crippen LogP contribution in [0.2, 0.25) is 5.02 Å². The Labute approximate surface area is 200 Å². The molecule has 33 heavy (non-hydrogen) atoms. The zero-order valence-electron chi connectivity index (χ0n) is 19.1. The van der Waals surface area contributed by atoms with Crippen LogP contribution in [-0.4, -0.2) is 62.8 Å². The number of ether oxygens (including phenoxy) is 2. The van der Waals surface area contributed by atoms with Crippen molar-refractivity contribution in [2.75, 3.05) is 44.8 Å². The number of amides is 1. The molecule has 7 heteroatoms. The molecule has 3 aliphatic rings. The number of anilines is 1. The molecule has 1 amide bonds. The molecular formula is C26H32ClN3O3. The van der Waals surface area contributed by atoms with Crippen LogP contribution in [-0.2, 0) is 22.5 Å². The molecule has 2 fully saturated rings. The molecule has 0 unspecified atom stereocenters. The smallest absolute Gasteiger partial charge is 0.225 e. The Morgan fingerprint density at radius 3 is 2.82 bits per heavy atom. The van der Waals surface area contributed by atoms with E-state index in [4.69, 9.17) is 21.1 Å². The lowest BCUT2D eigenvalue weighted by atomic mass is 9.83. The first kappa shape index (κ1) is 22.5. The molecule has 2 aromatic carbocycles. The highest BCUT2D eigenvalue weighted by Gasteiger charge is 2.41. The minimum absolute atomic E-state index is 0.0969. The molecule has 0 aromatic heterocycles. The summed E-state index contributed by atoms with van der Waals surface area (Å²) in [7, 11) is 1.70. The van der Waals surface area contributed by atoms with E-state index in [-0.39, 0.29) is 24.0 Å². The molecule has 176 valence electrons. The van der Waals surface area contributed by atoms with Crippen LogP contribution in [0.25, 0.3) is 0 Å². The van der Waals surface area contributed by atoms with Crippen molar-refractivity contribution >= 4 is 23.2 Å². The van der Waals surface area contributed by atoms with E-state index in [1.165, 1.54) is 16.8 Å². The number of rotatable bonds is 6. The summed E-state index contributed by atoms with van der Waals surface area (Å²) in [5.41, 5.74) is 3.66. The molecule has 3 aliphatic heterocycles. The van der Waals surface area contributed by atoms with Gasteiger partial charge >= 0.3 is 0 Å².